The fraction of sp³-hybridized carbons (Fsp3) is 0.483. The topological polar surface area (TPSA) is 139 Å². The monoisotopic (exact) mass is 561 g/mol. The summed E-state index contributed by atoms with van der Waals surface area (Å²) in [6, 6.07) is 7.45. The number of aromatic hydroxyl groups is 1. The first-order chi connectivity index (χ1) is 17.9. The van der Waals surface area contributed by atoms with Crippen LogP contribution < -0.4 is 5.32 Å². The van der Waals surface area contributed by atoms with Gasteiger partial charge < -0.3 is 24.8 Å². The zero-order valence-corrected chi connectivity index (χ0v) is 24.8. The molecule has 0 bridgehead atoms. The van der Waals surface area contributed by atoms with Crippen LogP contribution in [0.3, 0.4) is 0 Å². The van der Waals surface area contributed by atoms with Gasteiger partial charge in [0.15, 0.2) is 0 Å². The predicted octanol–water partition coefficient (Wildman–Crippen LogP) is 4.84. The van der Waals surface area contributed by atoms with E-state index in [0.29, 0.717) is 6.42 Å². The van der Waals surface area contributed by atoms with Crippen molar-refractivity contribution in [1.82, 2.24) is 5.32 Å². The summed E-state index contributed by atoms with van der Waals surface area (Å²) in [6.45, 7) is 13.1. The van der Waals surface area contributed by atoms with E-state index in [1.54, 1.807) is 46.8 Å². The van der Waals surface area contributed by atoms with Crippen LogP contribution in [0.15, 0.2) is 30.3 Å². The summed E-state index contributed by atoms with van der Waals surface area (Å²) >= 11 is 0. The first-order valence-electron chi connectivity index (χ1n) is 12.7. The Kier molecular flexibility index (Phi) is 10.5. The molecule has 1 amide bonds. The number of aryl methyl sites for hydroxylation is 2. The lowest BCUT2D eigenvalue weighted by atomic mass is 9.93. The second-order valence-electron chi connectivity index (χ2n) is 11.4. The van der Waals surface area contributed by atoms with Gasteiger partial charge in [0.05, 0.1) is 11.0 Å². The summed E-state index contributed by atoms with van der Waals surface area (Å²) in [5.74, 6) is -2.52. The molecule has 0 aliphatic carbocycles. The Bertz CT molecular complexity index is 1250. The molecule has 3 N–H and O–H groups in total. The molecule has 1 unspecified atom stereocenters. The Morgan fingerprint density at radius 2 is 1.59 bits per heavy atom. The Morgan fingerprint density at radius 1 is 1.00 bits per heavy atom. The van der Waals surface area contributed by atoms with Crippen LogP contribution >= 0.6 is 7.37 Å². The molecular formula is C29H40NO8P. The standard InChI is InChI=1S/C29H40NO8P/c1-17(2)25(27(33)37-16-38-28(34)29(5,6)7)30-26(32)23-14-20(9-10-24(23)31)13-22-18(3)11-21(12-19(22)4)15-39(8,35)36/h9-12,14,17,25,31H,13,15-16H2,1-8H3,(H,30,32)(H,35,36)/t25-/m0/s1. The number of ether oxygens (including phenoxy) is 2. The van der Waals surface area contributed by atoms with E-state index < -0.39 is 43.5 Å². The van der Waals surface area contributed by atoms with Crippen LogP contribution in [0.5, 0.6) is 5.75 Å². The zero-order chi connectivity index (χ0) is 29.7. The van der Waals surface area contributed by atoms with Gasteiger partial charge in [-0.3, -0.25) is 14.2 Å². The molecule has 0 aliphatic heterocycles. The van der Waals surface area contributed by atoms with Gasteiger partial charge in [-0.05, 0) is 86.9 Å². The number of amides is 1. The normalized spacial score (nSPS) is 13.9. The number of esters is 2. The highest BCUT2D eigenvalue weighted by Gasteiger charge is 2.29. The van der Waals surface area contributed by atoms with Crippen molar-refractivity contribution in [1.29, 1.82) is 0 Å². The van der Waals surface area contributed by atoms with Gasteiger partial charge in [0.2, 0.25) is 14.2 Å². The molecule has 0 heterocycles. The largest absolute Gasteiger partial charge is 0.507 e. The number of carbonyl (C=O) groups excluding carboxylic acids is 3. The van der Waals surface area contributed by atoms with E-state index in [4.69, 9.17) is 9.47 Å². The van der Waals surface area contributed by atoms with Crippen LogP contribution in [0.4, 0.5) is 0 Å². The third kappa shape index (κ3) is 9.52. The van der Waals surface area contributed by atoms with Crippen LogP contribution in [0.1, 0.15) is 72.8 Å². The van der Waals surface area contributed by atoms with Crippen LogP contribution in [0.25, 0.3) is 0 Å². The van der Waals surface area contributed by atoms with Crippen molar-refractivity contribution in [3.8, 4) is 5.75 Å². The third-order valence-electron chi connectivity index (χ3n) is 6.13. The second kappa shape index (κ2) is 12.8. The molecule has 2 aromatic carbocycles. The molecule has 2 atom stereocenters. The molecule has 0 spiro atoms. The molecule has 0 aliphatic rings. The van der Waals surface area contributed by atoms with E-state index >= 15 is 0 Å². The number of phenolic OH excluding ortho intramolecular Hbond substituents is 1. The van der Waals surface area contributed by atoms with Gasteiger partial charge in [-0.25, -0.2) is 4.79 Å². The number of hydrogen-bond acceptors (Lipinski definition) is 7. The number of phenols is 1. The minimum Gasteiger partial charge on any atom is -0.507 e. The number of benzene rings is 2. The fourth-order valence-electron chi connectivity index (χ4n) is 4.04. The average molecular weight is 562 g/mol. The molecule has 2 rings (SSSR count). The molecule has 0 fully saturated rings. The Balaban J connectivity index is 2.18. The highest BCUT2D eigenvalue weighted by atomic mass is 31.2. The van der Waals surface area contributed by atoms with Crippen LogP contribution in [-0.2, 0) is 36.2 Å². The van der Waals surface area contributed by atoms with Crippen LogP contribution in [0, 0.1) is 25.2 Å². The Hall–Kier alpha value is -3.16. The van der Waals surface area contributed by atoms with Crippen LogP contribution in [0.2, 0.25) is 0 Å². The van der Waals surface area contributed by atoms with Gasteiger partial charge in [0, 0.05) is 12.8 Å². The lowest BCUT2D eigenvalue weighted by Gasteiger charge is -2.22. The van der Waals surface area contributed by atoms with Crippen molar-refractivity contribution in [3.63, 3.8) is 0 Å². The summed E-state index contributed by atoms with van der Waals surface area (Å²) in [5, 5.41) is 13.0. The minimum atomic E-state index is -3.20. The summed E-state index contributed by atoms with van der Waals surface area (Å²) in [5.41, 5.74) is 3.71. The highest BCUT2D eigenvalue weighted by molar-refractivity contribution is 7.56. The molecule has 2 aromatic rings. The summed E-state index contributed by atoms with van der Waals surface area (Å²) in [6.07, 6.45) is 0.563. The number of hydrogen-bond donors (Lipinski definition) is 3. The molecule has 0 radical (unpaired) electrons. The smallest absolute Gasteiger partial charge is 0.331 e. The van der Waals surface area contributed by atoms with Gasteiger partial charge in [-0.15, -0.1) is 0 Å². The maximum Gasteiger partial charge on any atom is 0.331 e. The second-order valence-corrected chi connectivity index (χ2v) is 13.8. The van der Waals surface area contributed by atoms with Crippen molar-refractivity contribution in [3.05, 3.63) is 63.7 Å². The lowest BCUT2D eigenvalue weighted by molar-refractivity contribution is -0.174. The quantitative estimate of drug-likeness (QED) is 0.213. The Morgan fingerprint density at radius 3 is 2.10 bits per heavy atom. The number of nitrogens with one attached hydrogen (secondary N) is 1. The van der Waals surface area contributed by atoms with Crippen molar-refractivity contribution in [2.75, 3.05) is 13.5 Å². The maximum absolute atomic E-state index is 13.1. The summed E-state index contributed by atoms with van der Waals surface area (Å²) < 4.78 is 21.9. The molecule has 0 aromatic heterocycles. The van der Waals surface area contributed by atoms with Gasteiger partial charge in [-0.1, -0.05) is 32.0 Å². The van der Waals surface area contributed by atoms with E-state index in [1.165, 1.54) is 12.7 Å². The maximum atomic E-state index is 13.1. The first kappa shape index (κ1) is 32.1. The van der Waals surface area contributed by atoms with E-state index in [9.17, 15) is 28.9 Å². The zero-order valence-electron chi connectivity index (χ0n) is 24.0. The molecular weight excluding hydrogens is 521 g/mol. The van der Waals surface area contributed by atoms with E-state index in [1.807, 2.05) is 26.0 Å². The van der Waals surface area contributed by atoms with Gasteiger partial charge in [0.1, 0.15) is 11.8 Å². The predicted molar refractivity (Wildman–Crippen MR) is 149 cm³/mol. The molecule has 9 nitrogen and oxygen atoms in total. The first-order valence-corrected chi connectivity index (χ1v) is 15.0. The molecule has 10 heteroatoms. The SMILES string of the molecule is Cc1cc(CP(C)(=O)O)cc(C)c1Cc1ccc(O)c(C(=O)N[C@H](C(=O)OCOC(=O)C(C)(C)C)C(C)C)c1. The van der Waals surface area contributed by atoms with Crippen molar-refractivity contribution in [2.24, 2.45) is 11.3 Å². The third-order valence-corrected chi connectivity index (χ3v) is 7.08. The average Bonchev–Trinajstić information content (AvgIpc) is 2.78. The molecule has 214 valence electrons. The van der Waals surface area contributed by atoms with Crippen LogP contribution in [-0.4, -0.2) is 47.3 Å². The Labute approximate surface area is 230 Å². The van der Waals surface area contributed by atoms with E-state index in [-0.39, 0.29) is 23.4 Å². The fourth-order valence-corrected chi connectivity index (χ4v) is 4.90. The molecule has 0 saturated heterocycles. The summed E-state index contributed by atoms with van der Waals surface area (Å²) in [7, 11) is -3.20. The highest BCUT2D eigenvalue weighted by Crippen LogP contribution is 2.40. The summed E-state index contributed by atoms with van der Waals surface area (Å²) in [4.78, 5) is 47.4. The van der Waals surface area contributed by atoms with Crippen molar-refractivity contribution >= 4 is 25.2 Å². The molecule has 39 heavy (non-hydrogen) atoms. The van der Waals surface area contributed by atoms with Crippen molar-refractivity contribution < 1.29 is 38.4 Å². The van der Waals surface area contributed by atoms with E-state index in [0.717, 1.165) is 27.8 Å². The molecule has 0 saturated carbocycles. The van der Waals surface area contributed by atoms with Gasteiger partial charge >= 0.3 is 11.9 Å². The van der Waals surface area contributed by atoms with Crippen molar-refractivity contribution in [2.45, 2.75) is 67.1 Å². The van der Waals surface area contributed by atoms with E-state index in [2.05, 4.69) is 5.32 Å². The minimum absolute atomic E-state index is 0.00392. The number of rotatable bonds is 10. The van der Waals surface area contributed by atoms with Gasteiger partial charge in [0.25, 0.3) is 5.91 Å². The number of carbonyl (C=O) groups is 3. The lowest BCUT2D eigenvalue weighted by Crippen LogP contribution is -2.45. The van der Waals surface area contributed by atoms with Gasteiger partial charge in [-0.2, -0.15) is 0 Å².